The monoisotopic (exact) mass is 447 g/mol. The lowest BCUT2D eigenvalue weighted by atomic mass is 9.86. The molecule has 1 nitrogen and oxygen atoms in total. The van der Waals surface area contributed by atoms with Gasteiger partial charge in [-0.15, -0.1) is 0 Å². The largest absolute Gasteiger partial charge is 0.310 e. The fourth-order valence-corrected chi connectivity index (χ4v) is 4.03. The lowest BCUT2D eigenvalue weighted by Gasteiger charge is -2.30. The first-order chi connectivity index (χ1) is 14.7. The molecule has 0 fully saturated rings. The van der Waals surface area contributed by atoms with E-state index in [1.807, 2.05) is 0 Å². The van der Waals surface area contributed by atoms with Crippen molar-refractivity contribution in [2.24, 2.45) is 0 Å². The van der Waals surface area contributed by atoms with Gasteiger partial charge in [-0.05, 0) is 75.4 Å². The maximum absolute atomic E-state index is 6.62. The molecule has 0 aliphatic rings. The molecule has 0 bridgehead atoms. The standard InChI is InChI=1S/C30H38ClN/c1-28(2,3)21-10-14-25(15-11-21)32(26-16-12-22(13-17-26)29(4,5)6)27-19-23(30(7,8)9)18-24(31)20-27/h10-20H,1-9H3. The Hall–Kier alpha value is -2.25. The highest BCUT2D eigenvalue weighted by atomic mass is 35.5. The summed E-state index contributed by atoms with van der Waals surface area (Å²) >= 11 is 6.62. The Bertz CT molecular complexity index is 999. The van der Waals surface area contributed by atoms with Crippen molar-refractivity contribution in [1.29, 1.82) is 0 Å². The number of hydrogen-bond acceptors (Lipinski definition) is 1. The number of nitrogens with zero attached hydrogens (tertiary/aromatic N) is 1. The molecule has 0 saturated heterocycles. The van der Waals surface area contributed by atoms with Crippen LogP contribution in [0.5, 0.6) is 0 Å². The molecule has 170 valence electrons. The van der Waals surface area contributed by atoms with Gasteiger partial charge < -0.3 is 4.90 Å². The van der Waals surface area contributed by atoms with Crippen molar-refractivity contribution in [3.8, 4) is 0 Å². The number of anilines is 3. The molecule has 0 N–H and O–H groups in total. The molecule has 0 aromatic heterocycles. The SMILES string of the molecule is CC(C)(C)c1ccc(N(c2ccc(C(C)(C)C)cc2)c2cc(Cl)cc(C(C)(C)C)c2)cc1. The molecule has 0 radical (unpaired) electrons. The average molecular weight is 448 g/mol. The molecule has 3 aromatic carbocycles. The Balaban J connectivity index is 2.18. The summed E-state index contributed by atoms with van der Waals surface area (Å²) in [5.41, 5.74) is 7.46. The molecule has 0 spiro atoms. The maximum Gasteiger partial charge on any atom is 0.0479 e. The third kappa shape index (κ3) is 5.56. The average Bonchev–Trinajstić information content (AvgIpc) is 2.66. The van der Waals surface area contributed by atoms with E-state index in [0.717, 1.165) is 22.1 Å². The van der Waals surface area contributed by atoms with Gasteiger partial charge in [0.25, 0.3) is 0 Å². The minimum Gasteiger partial charge on any atom is -0.310 e. The Labute approximate surface area is 200 Å². The van der Waals surface area contributed by atoms with Gasteiger partial charge in [0.2, 0.25) is 0 Å². The van der Waals surface area contributed by atoms with Gasteiger partial charge in [0.1, 0.15) is 0 Å². The first kappa shape index (κ1) is 24.4. The van der Waals surface area contributed by atoms with Crippen LogP contribution in [0.3, 0.4) is 0 Å². The van der Waals surface area contributed by atoms with Crippen molar-refractivity contribution in [2.75, 3.05) is 4.90 Å². The quantitative estimate of drug-likeness (QED) is 0.386. The minimum atomic E-state index is 0.0114. The van der Waals surface area contributed by atoms with Crippen LogP contribution < -0.4 is 4.90 Å². The second kappa shape index (κ2) is 8.60. The number of rotatable bonds is 3. The zero-order valence-corrected chi connectivity index (χ0v) is 21.9. The van der Waals surface area contributed by atoms with Gasteiger partial charge in [0.05, 0.1) is 0 Å². The molecule has 2 heteroatoms. The molecule has 3 rings (SSSR count). The van der Waals surface area contributed by atoms with Crippen LogP contribution in [0.4, 0.5) is 17.1 Å². The molecule has 0 unspecified atom stereocenters. The number of halogens is 1. The normalized spacial score (nSPS) is 12.7. The molecular weight excluding hydrogens is 410 g/mol. The predicted molar refractivity (Wildman–Crippen MR) is 142 cm³/mol. The highest BCUT2D eigenvalue weighted by Gasteiger charge is 2.21. The molecule has 3 aromatic rings. The van der Waals surface area contributed by atoms with Gasteiger partial charge in [-0.1, -0.05) is 98.2 Å². The fraction of sp³-hybridized carbons (Fsp3) is 0.400. The van der Waals surface area contributed by atoms with Crippen LogP contribution in [0.2, 0.25) is 5.02 Å². The van der Waals surface area contributed by atoms with Gasteiger partial charge in [0, 0.05) is 22.1 Å². The summed E-state index contributed by atoms with van der Waals surface area (Å²) in [4.78, 5) is 2.31. The second-order valence-corrected chi connectivity index (χ2v) is 12.3. The van der Waals surface area contributed by atoms with E-state index in [-0.39, 0.29) is 16.2 Å². The molecule has 0 aliphatic heterocycles. The molecule has 0 atom stereocenters. The van der Waals surface area contributed by atoms with E-state index in [9.17, 15) is 0 Å². The zero-order valence-electron chi connectivity index (χ0n) is 21.2. The highest BCUT2D eigenvalue weighted by molar-refractivity contribution is 6.31. The third-order valence-corrected chi connectivity index (χ3v) is 6.21. The van der Waals surface area contributed by atoms with Gasteiger partial charge in [-0.3, -0.25) is 0 Å². The first-order valence-electron chi connectivity index (χ1n) is 11.5. The highest BCUT2D eigenvalue weighted by Crippen LogP contribution is 2.40. The summed E-state index contributed by atoms with van der Waals surface area (Å²) < 4.78 is 0. The van der Waals surface area contributed by atoms with Crippen molar-refractivity contribution in [1.82, 2.24) is 0 Å². The Morgan fingerprint density at radius 3 is 1.19 bits per heavy atom. The van der Waals surface area contributed by atoms with Gasteiger partial charge in [0.15, 0.2) is 0 Å². The summed E-state index contributed by atoms with van der Waals surface area (Å²) in [5.74, 6) is 0. The van der Waals surface area contributed by atoms with Crippen molar-refractivity contribution in [2.45, 2.75) is 78.6 Å². The molecular formula is C30H38ClN. The van der Waals surface area contributed by atoms with Crippen molar-refractivity contribution >= 4 is 28.7 Å². The topological polar surface area (TPSA) is 3.24 Å². The lowest BCUT2D eigenvalue weighted by Crippen LogP contribution is -2.16. The minimum absolute atomic E-state index is 0.0114. The van der Waals surface area contributed by atoms with Gasteiger partial charge >= 0.3 is 0 Å². The Morgan fingerprint density at radius 2 is 0.844 bits per heavy atom. The molecule has 0 amide bonds. The first-order valence-corrected chi connectivity index (χ1v) is 11.9. The number of benzene rings is 3. The predicted octanol–water partition coefficient (Wildman–Crippen LogP) is 9.70. The zero-order chi connectivity index (χ0) is 23.9. The van der Waals surface area contributed by atoms with Crippen LogP contribution in [-0.4, -0.2) is 0 Å². The van der Waals surface area contributed by atoms with Crippen LogP contribution in [0.15, 0.2) is 66.7 Å². The molecule has 0 aliphatic carbocycles. The van der Waals surface area contributed by atoms with Gasteiger partial charge in [-0.2, -0.15) is 0 Å². The maximum atomic E-state index is 6.62. The Morgan fingerprint density at radius 1 is 0.469 bits per heavy atom. The summed E-state index contributed by atoms with van der Waals surface area (Å²) in [6.45, 7) is 20.2. The van der Waals surface area contributed by atoms with E-state index in [2.05, 4.69) is 134 Å². The molecule has 0 saturated carbocycles. The fourth-order valence-electron chi connectivity index (χ4n) is 3.80. The van der Waals surface area contributed by atoms with E-state index in [1.54, 1.807) is 0 Å². The second-order valence-electron chi connectivity index (χ2n) is 11.9. The summed E-state index contributed by atoms with van der Waals surface area (Å²) in [6, 6.07) is 24.2. The van der Waals surface area contributed by atoms with Gasteiger partial charge in [-0.25, -0.2) is 0 Å². The van der Waals surface area contributed by atoms with E-state index in [4.69, 9.17) is 11.6 Å². The summed E-state index contributed by atoms with van der Waals surface area (Å²) in [7, 11) is 0. The van der Waals surface area contributed by atoms with Crippen LogP contribution >= 0.6 is 11.6 Å². The lowest BCUT2D eigenvalue weighted by molar-refractivity contribution is 0.589. The smallest absolute Gasteiger partial charge is 0.0479 e. The van der Waals surface area contributed by atoms with Crippen LogP contribution in [-0.2, 0) is 16.2 Å². The van der Waals surface area contributed by atoms with E-state index < -0.39 is 0 Å². The van der Waals surface area contributed by atoms with Crippen molar-refractivity contribution in [3.05, 3.63) is 88.4 Å². The van der Waals surface area contributed by atoms with Crippen LogP contribution in [0.25, 0.3) is 0 Å². The van der Waals surface area contributed by atoms with Crippen LogP contribution in [0.1, 0.15) is 79.0 Å². The van der Waals surface area contributed by atoms with Crippen LogP contribution in [0, 0.1) is 0 Å². The molecule has 0 heterocycles. The van der Waals surface area contributed by atoms with E-state index in [0.29, 0.717) is 0 Å². The summed E-state index contributed by atoms with van der Waals surface area (Å²) in [6.07, 6.45) is 0. The van der Waals surface area contributed by atoms with Crippen molar-refractivity contribution in [3.63, 3.8) is 0 Å². The molecule has 32 heavy (non-hydrogen) atoms. The van der Waals surface area contributed by atoms with E-state index >= 15 is 0 Å². The Kier molecular flexibility index (Phi) is 6.55. The summed E-state index contributed by atoms with van der Waals surface area (Å²) in [5, 5.41) is 0.759. The van der Waals surface area contributed by atoms with Crippen molar-refractivity contribution < 1.29 is 0 Å². The van der Waals surface area contributed by atoms with E-state index in [1.165, 1.54) is 16.7 Å². The number of hydrogen-bond donors (Lipinski definition) is 0. The third-order valence-electron chi connectivity index (χ3n) is 5.99.